The zero-order chi connectivity index (χ0) is 13.4. The molecule has 0 aliphatic rings. The van der Waals surface area contributed by atoms with E-state index in [9.17, 15) is 4.39 Å². The third-order valence-corrected chi connectivity index (χ3v) is 4.74. The SMILES string of the molecule is Cc1cc(F)ccc1C(Cl)c1csc2ccccc12. The number of thiophene rings is 1. The summed E-state index contributed by atoms with van der Waals surface area (Å²) in [5.74, 6) is -0.222. The molecular weight excluding hydrogens is 279 g/mol. The Balaban J connectivity index is 2.10. The molecule has 3 rings (SSSR count). The third-order valence-electron chi connectivity index (χ3n) is 3.29. The van der Waals surface area contributed by atoms with Gasteiger partial charge in [-0.1, -0.05) is 24.3 Å². The molecule has 0 radical (unpaired) electrons. The summed E-state index contributed by atoms with van der Waals surface area (Å²) in [4.78, 5) is 0. The molecule has 1 aromatic heterocycles. The van der Waals surface area contributed by atoms with Crippen molar-refractivity contribution in [1.82, 2.24) is 0 Å². The van der Waals surface area contributed by atoms with Crippen molar-refractivity contribution in [2.75, 3.05) is 0 Å². The molecule has 0 amide bonds. The van der Waals surface area contributed by atoms with Crippen molar-refractivity contribution in [3.8, 4) is 0 Å². The first-order valence-electron chi connectivity index (χ1n) is 6.03. The van der Waals surface area contributed by atoms with E-state index in [-0.39, 0.29) is 11.2 Å². The van der Waals surface area contributed by atoms with Crippen LogP contribution < -0.4 is 0 Å². The predicted molar refractivity (Wildman–Crippen MR) is 80.7 cm³/mol. The first-order chi connectivity index (χ1) is 9.16. The van der Waals surface area contributed by atoms with Crippen LogP contribution in [0.1, 0.15) is 22.1 Å². The number of benzene rings is 2. The Labute approximate surface area is 120 Å². The Kier molecular flexibility index (Phi) is 3.29. The van der Waals surface area contributed by atoms with Crippen LogP contribution in [0.3, 0.4) is 0 Å². The molecule has 1 unspecified atom stereocenters. The Bertz CT molecular complexity index is 732. The van der Waals surface area contributed by atoms with Gasteiger partial charge >= 0.3 is 0 Å². The van der Waals surface area contributed by atoms with E-state index < -0.39 is 0 Å². The van der Waals surface area contributed by atoms with Crippen LogP contribution in [0.25, 0.3) is 10.1 Å². The Morgan fingerprint density at radius 3 is 2.68 bits per heavy atom. The quantitative estimate of drug-likeness (QED) is 0.533. The van der Waals surface area contributed by atoms with Crippen molar-refractivity contribution in [3.63, 3.8) is 0 Å². The minimum absolute atomic E-state index is 0.222. The average molecular weight is 291 g/mol. The zero-order valence-electron chi connectivity index (χ0n) is 10.4. The maximum Gasteiger partial charge on any atom is 0.123 e. The van der Waals surface area contributed by atoms with Crippen LogP contribution in [0, 0.1) is 12.7 Å². The van der Waals surface area contributed by atoms with Crippen LogP contribution in [0.5, 0.6) is 0 Å². The fourth-order valence-electron chi connectivity index (χ4n) is 2.29. The van der Waals surface area contributed by atoms with Crippen LogP contribution in [-0.2, 0) is 0 Å². The van der Waals surface area contributed by atoms with E-state index in [1.165, 1.54) is 22.2 Å². The summed E-state index contributed by atoms with van der Waals surface area (Å²) in [7, 11) is 0. The maximum atomic E-state index is 13.2. The second-order valence-electron chi connectivity index (χ2n) is 4.55. The minimum atomic E-state index is -0.239. The molecule has 96 valence electrons. The van der Waals surface area contributed by atoms with Gasteiger partial charge in [0.2, 0.25) is 0 Å². The van der Waals surface area contributed by atoms with Crippen LogP contribution in [0.2, 0.25) is 0 Å². The smallest absolute Gasteiger partial charge is 0.123 e. The van der Waals surface area contributed by atoms with E-state index >= 15 is 0 Å². The molecule has 0 N–H and O–H groups in total. The van der Waals surface area contributed by atoms with Gasteiger partial charge in [0.05, 0.1) is 5.38 Å². The van der Waals surface area contributed by atoms with E-state index in [0.29, 0.717) is 0 Å². The standard InChI is InChI=1S/C16H12ClFS/c1-10-8-11(18)6-7-12(10)16(17)14-9-19-15-5-3-2-4-13(14)15/h2-9,16H,1H3. The molecule has 1 atom stereocenters. The number of hydrogen-bond acceptors (Lipinski definition) is 1. The second kappa shape index (κ2) is 4.95. The molecule has 0 aliphatic heterocycles. The molecule has 0 saturated heterocycles. The molecule has 0 nitrogen and oxygen atoms in total. The number of rotatable bonds is 2. The lowest BCUT2D eigenvalue weighted by Crippen LogP contribution is -1.96. The van der Waals surface area contributed by atoms with Gasteiger partial charge in [0.1, 0.15) is 5.82 Å². The minimum Gasteiger partial charge on any atom is -0.207 e. The van der Waals surface area contributed by atoms with Gasteiger partial charge in [-0.2, -0.15) is 0 Å². The summed E-state index contributed by atoms with van der Waals surface area (Å²) in [6.07, 6.45) is 0. The normalized spacial score (nSPS) is 12.8. The molecule has 3 heteroatoms. The highest BCUT2D eigenvalue weighted by atomic mass is 35.5. The molecule has 0 spiro atoms. The van der Waals surface area contributed by atoms with Gasteiger partial charge in [0, 0.05) is 4.70 Å². The fourth-order valence-corrected chi connectivity index (χ4v) is 3.77. The lowest BCUT2D eigenvalue weighted by atomic mass is 9.99. The number of alkyl halides is 1. The summed E-state index contributed by atoms with van der Waals surface area (Å²) >= 11 is 8.28. The number of halogens is 2. The van der Waals surface area contributed by atoms with Gasteiger partial charge in [-0.15, -0.1) is 22.9 Å². The van der Waals surface area contributed by atoms with Crippen molar-refractivity contribution >= 4 is 33.0 Å². The fraction of sp³-hybridized carbons (Fsp3) is 0.125. The van der Waals surface area contributed by atoms with E-state index in [1.807, 2.05) is 19.1 Å². The molecule has 0 aliphatic carbocycles. The number of aryl methyl sites for hydroxylation is 1. The molecule has 0 fully saturated rings. The second-order valence-corrected chi connectivity index (χ2v) is 5.90. The van der Waals surface area contributed by atoms with Crippen LogP contribution >= 0.6 is 22.9 Å². The van der Waals surface area contributed by atoms with Gasteiger partial charge in [0.15, 0.2) is 0 Å². The molecule has 0 bridgehead atoms. The lowest BCUT2D eigenvalue weighted by Gasteiger charge is -2.12. The first-order valence-corrected chi connectivity index (χ1v) is 7.34. The van der Waals surface area contributed by atoms with Crippen molar-refractivity contribution in [3.05, 3.63) is 70.4 Å². The average Bonchev–Trinajstić information content (AvgIpc) is 2.82. The van der Waals surface area contributed by atoms with Gasteiger partial charge < -0.3 is 0 Å². The largest absolute Gasteiger partial charge is 0.207 e. The topological polar surface area (TPSA) is 0 Å². The third kappa shape index (κ3) is 2.26. The Morgan fingerprint density at radius 2 is 1.89 bits per heavy atom. The lowest BCUT2D eigenvalue weighted by molar-refractivity contribution is 0.625. The van der Waals surface area contributed by atoms with Crippen molar-refractivity contribution in [1.29, 1.82) is 0 Å². The van der Waals surface area contributed by atoms with Crippen molar-refractivity contribution < 1.29 is 4.39 Å². The molecular formula is C16H12ClFS. The molecule has 0 saturated carbocycles. The van der Waals surface area contributed by atoms with Gasteiger partial charge in [-0.25, -0.2) is 4.39 Å². The van der Waals surface area contributed by atoms with E-state index in [0.717, 1.165) is 16.7 Å². The van der Waals surface area contributed by atoms with Gasteiger partial charge in [-0.3, -0.25) is 0 Å². The summed E-state index contributed by atoms with van der Waals surface area (Å²) in [5, 5.41) is 3.03. The summed E-state index contributed by atoms with van der Waals surface area (Å²) in [5.41, 5.74) is 2.94. The molecule has 1 heterocycles. The highest BCUT2D eigenvalue weighted by Crippen LogP contribution is 2.38. The van der Waals surface area contributed by atoms with Gasteiger partial charge in [-0.05, 0) is 52.6 Å². The van der Waals surface area contributed by atoms with Crippen LogP contribution in [0.15, 0.2) is 47.8 Å². The highest BCUT2D eigenvalue weighted by Gasteiger charge is 2.17. The maximum absolute atomic E-state index is 13.2. The number of hydrogen-bond donors (Lipinski definition) is 0. The van der Waals surface area contributed by atoms with Crippen molar-refractivity contribution in [2.45, 2.75) is 12.3 Å². The van der Waals surface area contributed by atoms with Crippen LogP contribution in [-0.4, -0.2) is 0 Å². The van der Waals surface area contributed by atoms with E-state index in [2.05, 4.69) is 17.5 Å². The summed E-state index contributed by atoms with van der Waals surface area (Å²) in [6.45, 7) is 1.89. The molecule has 19 heavy (non-hydrogen) atoms. The molecule has 2 aromatic carbocycles. The van der Waals surface area contributed by atoms with Crippen LogP contribution in [0.4, 0.5) is 4.39 Å². The van der Waals surface area contributed by atoms with E-state index in [1.54, 1.807) is 17.4 Å². The zero-order valence-corrected chi connectivity index (χ0v) is 11.9. The number of fused-ring (bicyclic) bond motifs is 1. The summed E-state index contributed by atoms with van der Waals surface area (Å²) < 4.78 is 14.4. The monoisotopic (exact) mass is 290 g/mol. The Hall–Kier alpha value is -1.38. The first kappa shape index (κ1) is 12.6. The molecule has 3 aromatic rings. The highest BCUT2D eigenvalue weighted by molar-refractivity contribution is 7.17. The van der Waals surface area contributed by atoms with Crippen molar-refractivity contribution in [2.24, 2.45) is 0 Å². The van der Waals surface area contributed by atoms with Gasteiger partial charge in [0.25, 0.3) is 0 Å². The van der Waals surface area contributed by atoms with E-state index in [4.69, 9.17) is 11.6 Å². The Morgan fingerprint density at radius 1 is 1.11 bits per heavy atom. The predicted octanol–water partition coefficient (Wildman–Crippen LogP) is 5.68. The summed E-state index contributed by atoms with van der Waals surface area (Å²) in [6, 6.07) is 13.0.